The summed E-state index contributed by atoms with van der Waals surface area (Å²) in [5.41, 5.74) is 0.910. The lowest BCUT2D eigenvalue weighted by molar-refractivity contribution is 0.0502. The van der Waals surface area contributed by atoms with Crippen LogP contribution in [0.15, 0.2) is 24.3 Å². The molecule has 0 saturated heterocycles. The third-order valence-corrected chi connectivity index (χ3v) is 2.87. The minimum atomic E-state index is -0.203. The van der Waals surface area contributed by atoms with Crippen LogP contribution in [-0.2, 0) is 4.74 Å². The Morgan fingerprint density at radius 1 is 1.28 bits per heavy atom. The van der Waals surface area contributed by atoms with E-state index in [4.69, 9.17) is 4.74 Å². The number of ether oxygens (including phenoxy) is 1. The average molecular weight is 253 g/mol. The first-order valence-electron chi connectivity index (χ1n) is 6.85. The van der Waals surface area contributed by atoms with Gasteiger partial charge in [-0.15, -0.1) is 0 Å². The maximum absolute atomic E-state index is 13.2. The van der Waals surface area contributed by atoms with E-state index in [9.17, 15) is 4.39 Å². The SMILES string of the molecule is CCCCCOC(CNCC)c1cccc(F)c1. The van der Waals surface area contributed by atoms with Crippen LogP contribution in [0.1, 0.15) is 44.8 Å². The van der Waals surface area contributed by atoms with Gasteiger partial charge in [-0.2, -0.15) is 0 Å². The van der Waals surface area contributed by atoms with Crippen molar-refractivity contribution in [3.8, 4) is 0 Å². The first kappa shape index (κ1) is 15.1. The zero-order valence-electron chi connectivity index (χ0n) is 11.4. The van der Waals surface area contributed by atoms with Gasteiger partial charge in [-0.3, -0.25) is 0 Å². The summed E-state index contributed by atoms with van der Waals surface area (Å²) in [6.07, 6.45) is 3.37. The molecule has 102 valence electrons. The highest BCUT2D eigenvalue weighted by atomic mass is 19.1. The van der Waals surface area contributed by atoms with E-state index in [0.717, 1.165) is 31.7 Å². The second-order valence-corrected chi connectivity index (χ2v) is 4.43. The van der Waals surface area contributed by atoms with Crippen molar-refractivity contribution < 1.29 is 9.13 Å². The Labute approximate surface area is 110 Å². The molecule has 0 aliphatic heterocycles. The summed E-state index contributed by atoms with van der Waals surface area (Å²) in [5, 5.41) is 3.26. The van der Waals surface area contributed by atoms with E-state index in [1.54, 1.807) is 12.1 Å². The van der Waals surface area contributed by atoms with E-state index >= 15 is 0 Å². The van der Waals surface area contributed by atoms with Crippen LogP contribution in [0.5, 0.6) is 0 Å². The van der Waals surface area contributed by atoms with Gasteiger partial charge in [0.25, 0.3) is 0 Å². The number of unbranched alkanes of at least 4 members (excludes halogenated alkanes) is 2. The lowest BCUT2D eigenvalue weighted by atomic mass is 10.1. The highest BCUT2D eigenvalue weighted by Gasteiger charge is 2.11. The van der Waals surface area contributed by atoms with Gasteiger partial charge in [0.2, 0.25) is 0 Å². The van der Waals surface area contributed by atoms with Crippen molar-refractivity contribution in [3.63, 3.8) is 0 Å². The first-order chi connectivity index (χ1) is 8.77. The van der Waals surface area contributed by atoms with Crippen molar-refractivity contribution in [3.05, 3.63) is 35.6 Å². The molecule has 1 aromatic rings. The van der Waals surface area contributed by atoms with Crippen molar-refractivity contribution in [2.24, 2.45) is 0 Å². The molecule has 3 heteroatoms. The summed E-state index contributed by atoms with van der Waals surface area (Å²) >= 11 is 0. The molecule has 0 bridgehead atoms. The van der Waals surface area contributed by atoms with Gasteiger partial charge in [0.1, 0.15) is 5.82 Å². The van der Waals surface area contributed by atoms with Gasteiger partial charge < -0.3 is 10.1 Å². The van der Waals surface area contributed by atoms with E-state index in [0.29, 0.717) is 0 Å². The smallest absolute Gasteiger partial charge is 0.123 e. The lowest BCUT2D eigenvalue weighted by Crippen LogP contribution is -2.23. The molecule has 0 aliphatic rings. The number of likely N-dealkylation sites (N-methyl/N-ethyl adjacent to an activating group) is 1. The second-order valence-electron chi connectivity index (χ2n) is 4.43. The summed E-state index contributed by atoms with van der Waals surface area (Å²) in [6, 6.07) is 6.68. The summed E-state index contributed by atoms with van der Waals surface area (Å²) in [5.74, 6) is -0.203. The van der Waals surface area contributed by atoms with Crippen LogP contribution in [0.2, 0.25) is 0 Å². The number of rotatable bonds is 9. The molecule has 1 N–H and O–H groups in total. The van der Waals surface area contributed by atoms with Gasteiger partial charge in [-0.05, 0) is 30.7 Å². The molecular weight excluding hydrogens is 229 g/mol. The van der Waals surface area contributed by atoms with Gasteiger partial charge in [0, 0.05) is 13.2 Å². The van der Waals surface area contributed by atoms with E-state index < -0.39 is 0 Å². The standard InChI is InChI=1S/C15H24FNO/c1-3-5-6-10-18-15(12-17-4-2)13-8-7-9-14(16)11-13/h7-9,11,15,17H,3-6,10,12H2,1-2H3. The quantitative estimate of drug-likeness (QED) is 0.678. The van der Waals surface area contributed by atoms with Crippen LogP contribution < -0.4 is 5.32 Å². The summed E-state index contributed by atoms with van der Waals surface area (Å²) in [6.45, 7) is 6.58. The molecule has 0 saturated carbocycles. The highest BCUT2D eigenvalue weighted by Crippen LogP contribution is 2.18. The largest absolute Gasteiger partial charge is 0.372 e. The van der Waals surface area contributed by atoms with Crippen molar-refractivity contribution in [1.29, 1.82) is 0 Å². The first-order valence-corrected chi connectivity index (χ1v) is 6.85. The minimum Gasteiger partial charge on any atom is -0.372 e. The Hall–Kier alpha value is -0.930. The minimum absolute atomic E-state index is 0.0579. The van der Waals surface area contributed by atoms with Crippen molar-refractivity contribution in [2.75, 3.05) is 19.7 Å². The van der Waals surface area contributed by atoms with Crippen LogP contribution in [0.25, 0.3) is 0 Å². The van der Waals surface area contributed by atoms with Crippen molar-refractivity contribution in [1.82, 2.24) is 5.32 Å². The summed E-state index contributed by atoms with van der Waals surface area (Å²) < 4.78 is 19.1. The fourth-order valence-electron chi connectivity index (χ4n) is 1.83. The number of hydrogen-bond acceptors (Lipinski definition) is 2. The topological polar surface area (TPSA) is 21.3 Å². The average Bonchev–Trinajstić information content (AvgIpc) is 2.38. The molecule has 0 amide bonds. The molecule has 0 aliphatic carbocycles. The van der Waals surface area contributed by atoms with Gasteiger partial charge in [0.15, 0.2) is 0 Å². The number of halogens is 1. The fourth-order valence-corrected chi connectivity index (χ4v) is 1.83. The maximum atomic E-state index is 13.2. The van der Waals surface area contributed by atoms with Crippen molar-refractivity contribution in [2.45, 2.75) is 39.2 Å². The molecule has 0 fully saturated rings. The van der Waals surface area contributed by atoms with E-state index in [2.05, 4.69) is 19.2 Å². The Bertz CT molecular complexity index is 330. The van der Waals surface area contributed by atoms with Crippen LogP contribution in [0, 0.1) is 5.82 Å². The molecule has 2 nitrogen and oxygen atoms in total. The normalized spacial score (nSPS) is 12.6. The molecule has 0 heterocycles. The van der Waals surface area contributed by atoms with E-state index in [1.807, 2.05) is 6.07 Å². The Kier molecular flexibility index (Phi) is 7.62. The summed E-state index contributed by atoms with van der Waals surface area (Å²) in [7, 11) is 0. The van der Waals surface area contributed by atoms with Gasteiger partial charge in [-0.1, -0.05) is 38.8 Å². The highest BCUT2D eigenvalue weighted by molar-refractivity contribution is 5.19. The molecule has 0 radical (unpaired) electrons. The zero-order valence-corrected chi connectivity index (χ0v) is 11.4. The van der Waals surface area contributed by atoms with Crippen LogP contribution in [0.4, 0.5) is 4.39 Å². The van der Waals surface area contributed by atoms with Crippen LogP contribution in [0.3, 0.4) is 0 Å². The predicted octanol–water partition coefficient (Wildman–Crippen LogP) is 3.68. The van der Waals surface area contributed by atoms with E-state index in [1.165, 1.54) is 18.9 Å². The van der Waals surface area contributed by atoms with Crippen LogP contribution in [-0.4, -0.2) is 19.7 Å². The van der Waals surface area contributed by atoms with Crippen molar-refractivity contribution >= 4 is 0 Å². The monoisotopic (exact) mass is 253 g/mol. The molecule has 18 heavy (non-hydrogen) atoms. The molecular formula is C15H24FNO. The molecule has 1 rings (SSSR count). The molecule has 1 atom stereocenters. The number of nitrogens with one attached hydrogen (secondary N) is 1. The fraction of sp³-hybridized carbons (Fsp3) is 0.600. The summed E-state index contributed by atoms with van der Waals surface area (Å²) in [4.78, 5) is 0. The molecule has 1 unspecified atom stereocenters. The van der Waals surface area contributed by atoms with Gasteiger partial charge >= 0.3 is 0 Å². The third-order valence-electron chi connectivity index (χ3n) is 2.87. The number of hydrogen-bond donors (Lipinski definition) is 1. The lowest BCUT2D eigenvalue weighted by Gasteiger charge is -2.18. The van der Waals surface area contributed by atoms with Crippen LogP contribution >= 0.6 is 0 Å². The predicted molar refractivity (Wildman–Crippen MR) is 73.2 cm³/mol. The zero-order chi connectivity index (χ0) is 13.2. The van der Waals surface area contributed by atoms with Gasteiger partial charge in [-0.25, -0.2) is 4.39 Å². The maximum Gasteiger partial charge on any atom is 0.123 e. The Morgan fingerprint density at radius 2 is 2.11 bits per heavy atom. The Balaban J connectivity index is 2.54. The van der Waals surface area contributed by atoms with E-state index in [-0.39, 0.29) is 11.9 Å². The Morgan fingerprint density at radius 3 is 2.78 bits per heavy atom. The van der Waals surface area contributed by atoms with Gasteiger partial charge in [0.05, 0.1) is 6.10 Å². The third kappa shape index (κ3) is 5.61. The molecule has 0 spiro atoms. The number of benzene rings is 1. The molecule has 0 aromatic heterocycles. The molecule has 1 aromatic carbocycles. The second kappa shape index (κ2) is 9.06.